The van der Waals surface area contributed by atoms with Crippen molar-refractivity contribution in [3.8, 4) is 11.1 Å². The Hall–Kier alpha value is -3.07. The molecule has 0 aliphatic heterocycles. The van der Waals surface area contributed by atoms with E-state index in [2.05, 4.69) is 51.6 Å². The zero-order valence-corrected chi connectivity index (χ0v) is 11.8. The fraction of sp³-hybridized carbons (Fsp3) is 0. The molecule has 0 atom stereocenters. The van der Waals surface area contributed by atoms with E-state index in [1.165, 1.54) is 11.1 Å². The Kier molecular flexibility index (Phi) is 3.09. The highest BCUT2D eigenvalue weighted by Gasteiger charge is 2.23. The van der Waals surface area contributed by atoms with Crippen LogP contribution in [0.5, 0.6) is 0 Å². The van der Waals surface area contributed by atoms with E-state index in [1.807, 2.05) is 24.3 Å². The van der Waals surface area contributed by atoms with Crippen molar-refractivity contribution < 1.29 is 0 Å². The summed E-state index contributed by atoms with van der Waals surface area (Å²) in [5, 5.41) is 8.70. The zero-order valence-electron chi connectivity index (χ0n) is 11.8. The molecule has 0 N–H and O–H groups in total. The van der Waals surface area contributed by atoms with Crippen molar-refractivity contribution in [3.63, 3.8) is 0 Å². The van der Waals surface area contributed by atoms with Crippen molar-refractivity contribution in [3.05, 3.63) is 89.7 Å². The van der Waals surface area contributed by atoms with Crippen molar-refractivity contribution in [2.24, 2.45) is 10.2 Å². The molecule has 22 heavy (non-hydrogen) atoms. The van der Waals surface area contributed by atoms with Crippen molar-refractivity contribution in [2.75, 3.05) is 0 Å². The highest BCUT2D eigenvalue weighted by atomic mass is 15.2. The van der Waals surface area contributed by atoms with E-state index in [9.17, 15) is 0 Å². The Morgan fingerprint density at radius 2 is 1.36 bits per heavy atom. The zero-order chi connectivity index (χ0) is 14.8. The monoisotopic (exact) mass is 283 g/mol. The van der Waals surface area contributed by atoms with Crippen molar-refractivity contribution >= 4 is 11.9 Å². The maximum atomic E-state index is 4.46. The van der Waals surface area contributed by atoms with Crippen molar-refractivity contribution in [1.82, 2.24) is 4.98 Å². The molecule has 0 saturated heterocycles. The van der Waals surface area contributed by atoms with Gasteiger partial charge in [0, 0.05) is 29.1 Å². The summed E-state index contributed by atoms with van der Waals surface area (Å²) < 4.78 is 0. The second kappa shape index (κ2) is 5.37. The number of nitrogens with zero attached hydrogens (tertiary/aromatic N) is 3. The highest BCUT2D eigenvalue weighted by molar-refractivity contribution is 6.24. The average molecular weight is 283 g/mol. The predicted molar refractivity (Wildman–Crippen MR) is 89.3 cm³/mol. The SMILES string of the molecule is C(=N/N=C1c2ccccc2-c2ccccc21)/c1cccnc1. The van der Waals surface area contributed by atoms with E-state index in [0.717, 1.165) is 22.4 Å². The van der Waals surface area contributed by atoms with Gasteiger partial charge in [0.15, 0.2) is 0 Å². The first-order chi connectivity index (χ1) is 10.9. The van der Waals surface area contributed by atoms with Crippen LogP contribution in [0, 0.1) is 0 Å². The number of hydrogen-bond acceptors (Lipinski definition) is 3. The lowest BCUT2D eigenvalue weighted by atomic mass is 10.1. The number of hydrogen-bond donors (Lipinski definition) is 0. The second-order valence-electron chi connectivity index (χ2n) is 5.07. The minimum Gasteiger partial charge on any atom is -0.264 e. The number of benzene rings is 2. The normalized spacial score (nSPS) is 12.3. The second-order valence-corrected chi connectivity index (χ2v) is 5.07. The molecule has 1 aromatic heterocycles. The minimum atomic E-state index is 0.923. The van der Waals surface area contributed by atoms with Gasteiger partial charge in [-0.25, -0.2) is 0 Å². The van der Waals surface area contributed by atoms with Crippen LogP contribution < -0.4 is 0 Å². The van der Waals surface area contributed by atoms with Gasteiger partial charge < -0.3 is 0 Å². The number of fused-ring (bicyclic) bond motifs is 3. The van der Waals surface area contributed by atoms with Crippen LogP contribution in [-0.4, -0.2) is 16.9 Å². The third-order valence-corrected chi connectivity index (χ3v) is 3.70. The first-order valence-electron chi connectivity index (χ1n) is 7.14. The summed E-state index contributed by atoms with van der Waals surface area (Å²) in [7, 11) is 0. The molecular weight excluding hydrogens is 270 g/mol. The van der Waals surface area contributed by atoms with Crippen LogP contribution in [0.1, 0.15) is 16.7 Å². The molecule has 104 valence electrons. The van der Waals surface area contributed by atoms with Crippen LogP contribution in [-0.2, 0) is 0 Å². The fourth-order valence-corrected chi connectivity index (χ4v) is 2.71. The Balaban J connectivity index is 1.78. The molecular formula is C19H13N3. The lowest BCUT2D eigenvalue weighted by molar-refractivity contribution is 1.24. The van der Waals surface area contributed by atoms with E-state index in [1.54, 1.807) is 18.6 Å². The van der Waals surface area contributed by atoms with E-state index in [0.29, 0.717) is 0 Å². The Labute approximate surface area is 128 Å². The van der Waals surface area contributed by atoms with Gasteiger partial charge in [0.25, 0.3) is 0 Å². The third kappa shape index (κ3) is 2.13. The van der Waals surface area contributed by atoms with Crippen LogP contribution in [0.25, 0.3) is 11.1 Å². The van der Waals surface area contributed by atoms with Crippen molar-refractivity contribution in [2.45, 2.75) is 0 Å². The van der Waals surface area contributed by atoms with E-state index >= 15 is 0 Å². The van der Waals surface area contributed by atoms with Gasteiger partial charge in [0.05, 0.1) is 6.21 Å². The Morgan fingerprint density at radius 3 is 1.95 bits per heavy atom. The summed E-state index contributed by atoms with van der Waals surface area (Å²) in [6.07, 6.45) is 5.23. The van der Waals surface area contributed by atoms with Gasteiger partial charge in [0.1, 0.15) is 5.71 Å². The molecule has 3 nitrogen and oxygen atoms in total. The van der Waals surface area contributed by atoms with Gasteiger partial charge in [-0.15, -0.1) is 5.10 Å². The maximum absolute atomic E-state index is 4.46. The highest BCUT2D eigenvalue weighted by Crippen LogP contribution is 2.36. The summed E-state index contributed by atoms with van der Waals surface area (Å²) in [4.78, 5) is 4.07. The molecule has 1 aliphatic rings. The molecule has 0 unspecified atom stereocenters. The first kappa shape index (κ1) is 12.7. The molecule has 3 heteroatoms. The molecule has 4 rings (SSSR count). The molecule has 1 heterocycles. The maximum Gasteiger partial charge on any atom is 0.101 e. The summed E-state index contributed by atoms with van der Waals surface area (Å²) in [6.45, 7) is 0. The van der Waals surface area contributed by atoms with Crippen LogP contribution in [0.15, 0.2) is 83.3 Å². The molecule has 0 radical (unpaired) electrons. The fourth-order valence-electron chi connectivity index (χ4n) is 2.71. The average Bonchev–Trinajstić information content (AvgIpc) is 2.91. The quantitative estimate of drug-likeness (QED) is 0.405. The Morgan fingerprint density at radius 1 is 0.727 bits per heavy atom. The van der Waals surface area contributed by atoms with Gasteiger partial charge in [-0.1, -0.05) is 54.6 Å². The number of pyridine rings is 1. The minimum absolute atomic E-state index is 0.923. The van der Waals surface area contributed by atoms with E-state index in [4.69, 9.17) is 0 Å². The summed E-state index contributed by atoms with van der Waals surface area (Å²) in [5.41, 5.74) is 6.55. The number of rotatable bonds is 2. The summed E-state index contributed by atoms with van der Waals surface area (Å²) in [5.74, 6) is 0. The third-order valence-electron chi connectivity index (χ3n) is 3.70. The first-order valence-corrected chi connectivity index (χ1v) is 7.14. The molecule has 0 fully saturated rings. The molecule has 3 aromatic rings. The largest absolute Gasteiger partial charge is 0.264 e. The molecule has 2 aromatic carbocycles. The van der Waals surface area contributed by atoms with Gasteiger partial charge in [0.2, 0.25) is 0 Å². The topological polar surface area (TPSA) is 37.6 Å². The lowest BCUT2D eigenvalue weighted by Gasteiger charge is -1.98. The molecule has 0 saturated carbocycles. The summed E-state index contributed by atoms with van der Waals surface area (Å²) >= 11 is 0. The van der Waals surface area contributed by atoms with E-state index < -0.39 is 0 Å². The van der Waals surface area contributed by atoms with Crippen LogP contribution in [0.4, 0.5) is 0 Å². The number of aromatic nitrogens is 1. The molecule has 0 amide bonds. The standard InChI is InChI=1S/C19H13N3/c1-3-9-17-15(7-1)16-8-2-4-10-18(16)19(17)22-21-13-14-6-5-11-20-12-14/h1-13H/b21-13-. The Bertz CT molecular complexity index is 832. The molecule has 1 aliphatic carbocycles. The van der Waals surface area contributed by atoms with E-state index in [-0.39, 0.29) is 0 Å². The molecule has 0 bridgehead atoms. The lowest BCUT2D eigenvalue weighted by Crippen LogP contribution is -1.97. The van der Waals surface area contributed by atoms with Crippen molar-refractivity contribution in [1.29, 1.82) is 0 Å². The van der Waals surface area contributed by atoms with Crippen LogP contribution in [0.2, 0.25) is 0 Å². The smallest absolute Gasteiger partial charge is 0.101 e. The van der Waals surface area contributed by atoms with Gasteiger partial charge in [-0.3, -0.25) is 4.98 Å². The van der Waals surface area contributed by atoms with Crippen LogP contribution >= 0.6 is 0 Å². The molecule has 0 spiro atoms. The van der Waals surface area contributed by atoms with Gasteiger partial charge in [-0.2, -0.15) is 5.10 Å². The van der Waals surface area contributed by atoms with Gasteiger partial charge in [-0.05, 0) is 17.2 Å². The summed E-state index contributed by atoms with van der Waals surface area (Å²) in [6, 6.07) is 20.4. The van der Waals surface area contributed by atoms with Gasteiger partial charge >= 0.3 is 0 Å². The van der Waals surface area contributed by atoms with Crippen LogP contribution in [0.3, 0.4) is 0 Å². The predicted octanol–water partition coefficient (Wildman–Crippen LogP) is 3.93.